The molecular weight excluding hydrogens is 200 g/mol. The topological polar surface area (TPSA) is 38.5 Å². The van der Waals surface area contributed by atoms with E-state index in [9.17, 15) is 0 Å². The zero-order chi connectivity index (χ0) is 11.2. The molecule has 0 aromatic carbocycles. The molecule has 2 aliphatic rings. The molecule has 3 heteroatoms. The van der Waals surface area contributed by atoms with Gasteiger partial charge in [0, 0.05) is 25.8 Å². The smallest absolute Gasteiger partial charge is 0.0480 e. The summed E-state index contributed by atoms with van der Waals surface area (Å²) in [6, 6.07) is 0.781. The van der Waals surface area contributed by atoms with Crippen LogP contribution in [0.1, 0.15) is 38.5 Å². The fourth-order valence-corrected chi connectivity index (χ4v) is 3.15. The van der Waals surface area contributed by atoms with E-state index in [-0.39, 0.29) is 0 Å². The lowest BCUT2D eigenvalue weighted by Gasteiger charge is -2.38. The summed E-state index contributed by atoms with van der Waals surface area (Å²) >= 11 is 0. The van der Waals surface area contributed by atoms with Gasteiger partial charge in [0.2, 0.25) is 0 Å². The van der Waals surface area contributed by atoms with Gasteiger partial charge in [-0.05, 0) is 57.5 Å². The second kappa shape index (κ2) is 6.58. The number of piperidine rings is 1. The van der Waals surface area contributed by atoms with Crippen LogP contribution in [0.25, 0.3) is 0 Å². The van der Waals surface area contributed by atoms with Crippen molar-refractivity contribution >= 4 is 0 Å². The van der Waals surface area contributed by atoms with Gasteiger partial charge in [-0.15, -0.1) is 0 Å². The van der Waals surface area contributed by atoms with Crippen LogP contribution in [0.5, 0.6) is 0 Å². The SMILES string of the molecule is NCCC1CCCN(C2CCCOCC2)C1. The lowest BCUT2D eigenvalue weighted by Crippen LogP contribution is -2.43. The Morgan fingerprint density at radius 1 is 1.12 bits per heavy atom. The van der Waals surface area contributed by atoms with Crippen LogP contribution < -0.4 is 5.73 Å². The van der Waals surface area contributed by atoms with E-state index in [1.165, 1.54) is 51.6 Å². The van der Waals surface area contributed by atoms with Crippen molar-refractivity contribution in [3.05, 3.63) is 0 Å². The Balaban J connectivity index is 1.82. The monoisotopic (exact) mass is 226 g/mol. The average molecular weight is 226 g/mol. The summed E-state index contributed by atoms with van der Waals surface area (Å²) in [6.07, 6.45) is 7.76. The van der Waals surface area contributed by atoms with Gasteiger partial charge < -0.3 is 15.4 Å². The Kier molecular flexibility index (Phi) is 5.07. The molecule has 2 fully saturated rings. The standard InChI is InChI=1S/C13H26N2O/c14-7-5-12-3-1-8-15(11-12)13-4-2-9-16-10-6-13/h12-13H,1-11,14H2. The highest BCUT2D eigenvalue weighted by molar-refractivity contribution is 4.80. The Hall–Kier alpha value is -0.120. The van der Waals surface area contributed by atoms with Gasteiger partial charge in [-0.2, -0.15) is 0 Å². The fraction of sp³-hybridized carbons (Fsp3) is 1.00. The molecule has 0 saturated carbocycles. The number of ether oxygens (including phenoxy) is 1. The summed E-state index contributed by atoms with van der Waals surface area (Å²) in [5, 5.41) is 0. The first-order valence-corrected chi connectivity index (χ1v) is 6.92. The lowest BCUT2D eigenvalue weighted by molar-refractivity contribution is 0.0980. The van der Waals surface area contributed by atoms with E-state index in [1.807, 2.05) is 0 Å². The zero-order valence-electron chi connectivity index (χ0n) is 10.4. The molecule has 0 spiro atoms. The molecule has 2 heterocycles. The largest absolute Gasteiger partial charge is 0.381 e. The highest BCUT2D eigenvalue weighted by Gasteiger charge is 2.25. The third-order valence-corrected chi connectivity index (χ3v) is 4.06. The molecule has 94 valence electrons. The first-order valence-electron chi connectivity index (χ1n) is 6.92. The zero-order valence-corrected chi connectivity index (χ0v) is 10.4. The first kappa shape index (κ1) is 12.3. The Morgan fingerprint density at radius 3 is 2.94 bits per heavy atom. The summed E-state index contributed by atoms with van der Waals surface area (Å²) < 4.78 is 5.54. The number of hydrogen-bond acceptors (Lipinski definition) is 3. The molecule has 0 bridgehead atoms. The van der Waals surface area contributed by atoms with Gasteiger partial charge >= 0.3 is 0 Å². The summed E-state index contributed by atoms with van der Waals surface area (Å²) in [5.74, 6) is 0.850. The molecular formula is C13H26N2O. The number of nitrogens with two attached hydrogens (primary N) is 1. The predicted molar refractivity (Wildman–Crippen MR) is 66.4 cm³/mol. The average Bonchev–Trinajstić information content (AvgIpc) is 2.58. The van der Waals surface area contributed by atoms with E-state index in [1.54, 1.807) is 0 Å². The Labute approximate surface area is 99.3 Å². The first-order chi connectivity index (χ1) is 7.90. The maximum Gasteiger partial charge on any atom is 0.0480 e. The van der Waals surface area contributed by atoms with Crippen LogP contribution in [0, 0.1) is 5.92 Å². The van der Waals surface area contributed by atoms with Crippen molar-refractivity contribution in [3.63, 3.8) is 0 Å². The number of rotatable bonds is 3. The molecule has 0 aliphatic carbocycles. The van der Waals surface area contributed by atoms with E-state index >= 15 is 0 Å². The third-order valence-electron chi connectivity index (χ3n) is 4.06. The van der Waals surface area contributed by atoms with Crippen LogP contribution >= 0.6 is 0 Å². The summed E-state index contributed by atoms with van der Waals surface area (Å²) in [5.41, 5.74) is 5.67. The molecule has 0 aromatic heterocycles. The van der Waals surface area contributed by atoms with Crippen molar-refractivity contribution in [2.45, 2.75) is 44.6 Å². The molecule has 3 nitrogen and oxygen atoms in total. The summed E-state index contributed by atoms with van der Waals surface area (Å²) in [7, 11) is 0. The van der Waals surface area contributed by atoms with Crippen LogP contribution in [0.4, 0.5) is 0 Å². The Morgan fingerprint density at radius 2 is 2.06 bits per heavy atom. The number of hydrogen-bond donors (Lipinski definition) is 1. The highest BCUT2D eigenvalue weighted by atomic mass is 16.5. The second-order valence-corrected chi connectivity index (χ2v) is 5.28. The molecule has 2 N–H and O–H groups in total. The quantitative estimate of drug-likeness (QED) is 0.794. The van der Waals surface area contributed by atoms with Crippen LogP contribution in [-0.2, 0) is 4.74 Å². The minimum absolute atomic E-state index is 0.781. The van der Waals surface area contributed by atoms with Crippen LogP contribution in [0.2, 0.25) is 0 Å². The van der Waals surface area contributed by atoms with Crippen molar-refractivity contribution < 1.29 is 4.74 Å². The Bertz CT molecular complexity index is 188. The van der Waals surface area contributed by atoms with Crippen molar-refractivity contribution in [2.24, 2.45) is 11.7 Å². The third kappa shape index (κ3) is 3.44. The molecule has 2 saturated heterocycles. The fourth-order valence-electron chi connectivity index (χ4n) is 3.15. The van der Waals surface area contributed by atoms with E-state index < -0.39 is 0 Å². The minimum atomic E-state index is 0.781. The van der Waals surface area contributed by atoms with E-state index in [0.29, 0.717) is 0 Å². The molecule has 2 aliphatic heterocycles. The highest BCUT2D eigenvalue weighted by Crippen LogP contribution is 2.24. The normalized spacial score (nSPS) is 33.6. The van der Waals surface area contributed by atoms with Gasteiger partial charge in [-0.3, -0.25) is 0 Å². The van der Waals surface area contributed by atoms with Crippen LogP contribution in [0.15, 0.2) is 0 Å². The van der Waals surface area contributed by atoms with Crippen LogP contribution in [0.3, 0.4) is 0 Å². The molecule has 2 atom stereocenters. The van der Waals surface area contributed by atoms with Crippen molar-refractivity contribution in [3.8, 4) is 0 Å². The van der Waals surface area contributed by atoms with Crippen molar-refractivity contribution in [2.75, 3.05) is 32.8 Å². The number of nitrogens with zero attached hydrogens (tertiary/aromatic N) is 1. The molecule has 2 rings (SSSR count). The lowest BCUT2D eigenvalue weighted by atomic mass is 9.92. The van der Waals surface area contributed by atoms with Gasteiger partial charge in [0.15, 0.2) is 0 Å². The molecule has 16 heavy (non-hydrogen) atoms. The van der Waals surface area contributed by atoms with Crippen molar-refractivity contribution in [1.29, 1.82) is 0 Å². The molecule has 2 unspecified atom stereocenters. The van der Waals surface area contributed by atoms with E-state index in [0.717, 1.165) is 31.7 Å². The predicted octanol–water partition coefficient (Wildman–Crippen LogP) is 1.62. The van der Waals surface area contributed by atoms with E-state index in [4.69, 9.17) is 10.5 Å². The number of likely N-dealkylation sites (tertiary alicyclic amines) is 1. The molecule has 0 aromatic rings. The second-order valence-electron chi connectivity index (χ2n) is 5.28. The van der Waals surface area contributed by atoms with E-state index in [2.05, 4.69) is 4.90 Å². The maximum atomic E-state index is 5.67. The van der Waals surface area contributed by atoms with Gasteiger partial charge in [0.25, 0.3) is 0 Å². The van der Waals surface area contributed by atoms with Gasteiger partial charge in [0.1, 0.15) is 0 Å². The maximum absolute atomic E-state index is 5.67. The minimum Gasteiger partial charge on any atom is -0.381 e. The van der Waals surface area contributed by atoms with Gasteiger partial charge in [0.05, 0.1) is 0 Å². The molecule has 0 radical (unpaired) electrons. The van der Waals surface area contributed by atoms with Gasteiger partial charge in [-0.1, -0.05) is 0 Å². The van der Waals surface area contributed by atoms with Gasteiger partial charge in [-0.25, -0.2) is 0 Å². The summed E-state index contributed by atoms with van der Waals surface area (Å²) in [4.78, 5) is 2.71. The summed E-state index contributed by atoms with van der Waals surface area (Å²) in [6.45, 7) is 5.36. The van der Waals surface area contributed by atoms with Crippen molar-refractivity contribution in [1.82, 2.24) is 4.90 Å². The van der Waals surface area contributed by atoms with Crippen LogP contribution in [-0.4, -0.2) is 43.8 Å². The molecule has 0 amide bonds.